The summed E-state index contributed by atoms with van der Waals surface area (Å²) in [6.45, 7) is 0.195. The molecule has 164 valence electrons. The molecule has 4 aromatic rings. The Labute approximate surface area is 200 Å². The second-order valence-corrected chi connectivity index (χ2v) is 8.60. The third-order valence-electron chi connectivity index (χ3n) is 4.85. The van der Waals surface area contributed by atoms with Crippen LogP contribution >= 0.6 is 27.3 Å². The minimum atomic E-state index is -0.443. The van der Waals surface area contributed by atoms with Gasteiger partial charge in [0.1, 0.15) is 5.69 Å². The summed E-state index contributed by atoms with van der Waals surface area (Å²) < 4.78 is 13.4. The number of nitro groups is 1. The molecular formula is C23H15BrN4O4S. The highest BCUT2D eigenvalue weighted by Gasteiger charge is 2.15. The summed E-state index contributed by atoms with van der Waals surface area (Å²) in [6, 6.07) is 19.7. The van der Waals surface area contributed by atoms with Gasteiger partial charge in [0.2, 0.25) is 11.6 Å². The molecule has 2 heterocycles. The third kappa shape index (κ3) is 4.30. The second-order valence-electron chi connectivity index (χ2n) is 6.91. The molecule has 8 nitrogen and oxygen atoms in total. The van der Waals surface area contributed by atoms with Gasteiger partial charge in [-0.1, -0.05) is 46.3 Å². The number of thiazole rings is 1. The topological polar surface area (TPSA) is 91.2 Å². The van der Waals surface area contributed by atoms with E-state index in [1.807, 2.05) is 47.8 Å². The van der Waals surface area contributed by atoms with Crippen LogP contribution in [0.3, 0.4) is 0 Å². The zero-order valence-electron chi connectivity index (χ0n) is 16.9. The largest absolute Gasteiger partial charge is 0.454 e. The van der Waals surface area contributed by atoms with E-state index in [-0.39, 0.29) is 18.2 Å². The number of hydrogen-bond donors (Lipinski definition) is 0. The van der Waals surface area contributed by atoms with Gasteiger partial charge in [-0.25, -0.2) is 9.67 Å². The van der Waals surface area contributed by atoms with Gasteiger partial charge in [-0.15, -0.1) is 11.3 Å². The molecule has 0 radical (unpaired) electrons. The van der Waals surface area contributed by atoms with Crippen molar-refractivity contribution in [3.63, 3.8) is 0 Å². The van der Waals surface area contributed by atoms with E-state index in [9.17, 15) is 10.1 Å². The molecule has 0 saturated heterocycles. The van der Waals surface area contributed by atoms with E-state index < -0.39 is 4.92 Å². The summed E-state index contributed by atoms with van der Waals surface area (Å²) in [7, 11) is 0. The Kier molecular flexibility index (Phi) is 5.76. The van der Waals surface area contributed by atoms with Crippen molar-refractivity contribution in [1.29, 1.82) is 0 Å². The lowest BCUT2D eigenvalue weighted by Gasteiger charge is -2.06. The number of para-hydroxylation sites is 2. The minimum absolute atomic E-state index is 0.0698. The fourth-order valence-electron chi connectivity index (χ4n) is 3.28. The summed E-state index contributed by atoms with van der Waals surface area (Å²) in [5.74, 6) is 1.35. The summed E-state index contributed by atoms with van der Waals surface area (Å²) in [6.07, 6.45) is 1.69. The first kappa shape index (κ1) is 21.1. The van der Waals surface area contributed by atoms with Crippen molar-refractivity contribution in [2.24, 2.45) is 10.1 Å². The van der Waals surface area contributed by atoms with Gasteiger partial charge >= 0.3 is 0 Å². The lowest BCUT2D eigenvalue weighted by atomic mass is 10.2. The average Bonchev–Trinajstić information content (AvgIpc) is 3.45. The normalized spacial score (nSPS) is 13.1. The highest BCUT2D eigenvalue weighted by atomic mass is 79.9. The second kappa shape index (κ2) is 9.00. The van der Waals surface area contributed by atoms with Gasteiger partial charge in [0.15, 0.2) is 11.5 Å². The smallest absolute Gasteiger partial charge is 0.294 e. The van der Waals surface area contributed by atoms with E-state index >= 15 is 0 Å². The number of nitro benzene ring substituents is 1. The molecule has 33 heavy (non-hydrogen) atoms. The molecule has 0 aliphatic carbocycles. The van der Waals surface area contributed by atoms with Crippen LogP contribution in [0.1, 0.15) is 5.56 Å². The quantitative estimate of drug-likeness (QED) is 0.190. The zero-order chi connectivity index (χ0) is 22.8. The molecule has 1 aliphatic rings. The number of halogens is 1. The first-order valence-electron chi connectivity index (χ1n) is 9.78. The van der Waals surface area contributed by atoms with E-state index in [1.165, 1.54) is 17.4 Å². The monoisotopic (exact) mass is 522 g/mol. The SMILES string of the molecule is O=[N+]([O-])c1ccccc1N=c1scc(-c2ccccc2Br)n1N=Cc1ccc2c(c1)OCO2. The Morgan fingerprint density at radius 1 is 1.06 bits per heavy atom. The molecule has 3 aromatic carbocycles. The van der Waals surface area contributed by atoms with Crippen LogP contribution in [0.25, 0.3) is 11.3 Å². The maximum absolute atomic E-state index is 11.5. The predicted molar refractivity (Wildman–Crippen MR) is 129 cm³/mol. The van der Waals surface area contributed by atoms with Crippen LogP contribution in [0.5, 0.6) is 11.5 Å². The summed E-state index contributed by atoms with van der Waals surface area (Å²) in [5, 5.41) is 18.0. The minimum Gasteiger partial charge on any atom is -0.454 e. The van der Waals surface area contributed by atoms with Crippen LogP contribution in [0.4, 0.5) is 11.4 Å². The Morgan fingerprint density at radius 3 is 2.70 bits per heavy atom. The Balaban J connectivity index is 1.65. The van der Waals surface area contributed by atoms with E-state index in [0.29, 0.717) is 16.3 Å². The Bertz CT molecular complexity index is 1460. The molecule has 0 amide bonds. The highest BCUT2D eigenvalue weighted by Crippen LogP contribution is 2.32. The fraction of sp³-hybridized carbons (Fsp3) is 0.0435. The van der Waals surface area contributed by atoms with Crippen LogP contribution in [0.15, 0.2) is 86.7 Å². The standard InChI is InChI=1S/C23H15BrN4O4S/c24-17-6-2-1-5-16(17)20-13-33-23(26-18-7-3-4-8-19(18)28(29)30)27(20)25-12-15-9-10-21-22(11-15)32-14-31-21/h1-13H,14H2. The summed E-state index contributed by atoms with van der Waals surface area (Å²) in [4.78, 5) is 16.1. The fourth-order valence-corrected chi connectivity index (χ4v) is 4.61. The highest BCUT2D eigenvalue weighted by molar-refractivity contribution is 9.10. The van der Waals surface area contributed by atoms with Crippen LogP contribution in [0, 0.1) is 10.1 Å². The first-order chi connectivity index (χ1) is 16.1. The van der Waals surface area contributed by atoms with Gasteiger partial charge < -0.3 is 9.47 Å². The number of rotatable bonds is 5. The number of aromatic nitrogens is 1. The molecule has 1 aromatic heterocycles. The molecule has 0 atom stereocenters. The van der Waals surface area contributed by atoms with E-state index in [2.05, 4.69) is 26.0 Å². The third-order valence-corrected chi connectivity index (χ3v) is 6.36. The van der Waals surface area contributed by atoms with Crippen LogP contribution in [-0.4, -0.2) is 22.6 Å². The first-order valence-corrected chi connectivity index (χ1v) is 11.4. The van der Waals surface area contributed by atoms with Gasteiger partial charge in [-0.2, -0.15) is 5.10 Å². The zero-order valence-corrected chi connectivity index (χ0v) is 19.3. The number of ether oxygens (including phenoxy) is 2. The van der Waals surface area contributed by atoms with Gasteiger partial charge in [0, 0.05) is 21.5 Å². The molecule has 10 heteroatoms. The van der Waals surface area contributed by atoms with Gasteiger partial charge in [-0.05, 0) is 35.9 Å². The van der Waals surface area contributed by atoms with Crippen molar-refractivity contribution in [3.8, 4) is 22.8 Å². The molecule has 0 saturated carbocycles. The van der Waals surface area contributed by atoms with Crippen molar-refractivity contribution < 1.29 is 14.4 Å². The summed E-state index contributed by atoms with van der Waals surface area (Å²) in [5.41, 5.74) is 2.71. The molecule has 5 rings (SSSR count). The lowest BCUT2D eigenvalue weighted by molar-refractivity contribution is -0.384. The maximum atomic E-state index is 11.5. The number of nitrogens with zero attached hydrogens (tertiary/aromatic N) is 4. The molecular weight excluding hydrogens is 508 g/mol. The van der Waals surface area contributed by atoms with Gasteiger partial charge in [0.25, 0.3) is 5.69 Å². The predicted octanol–water partition coefficient (Wildman–Crippen LogP) is 5.73. The van der Waals surface area contributed by atoms with Crippen LogP contribution in [-0.2, 0) is 0 Å². The molecule has 0 N–H and O–H groups in total. The number of hydrogen-bond acceptors (Lipinski definition) is 7. The average molecular weight is 523 g/mol. The molecule has 1 aliphatic heterocycles. The maximum Gasteiger partial charge on any atom is 0.294 e. The molecule has 0 bridgehead atoms. The van der Waals surface area contributed by atoms with Crippen molar-refractivity contribution >= 4 is 44.9 Å². The van der Waals surface area contributed by atoms with Crippen LogP contribution in [0.2, 0.25) is 0 Å². The van der Waals surface area contributed by atoms with Crippen molar-refractivity contribution in [3.05, 3.63) is 97.1 Å². The van der Waals surface area contributed by atoms with Crippen molar-refractivity contribution in [1.82, 2.24) is 4.68 Å². The van der Waals surface area contributed by atoms with Gasteiger partial charge in [-0.3, -0.25) is 10.1 Å². The molecule has 0 spiro atoms. The van der Waals surface area contributed by atoms with Crippen molar-refractivity contribution in [2.75, 3.05) is 6.79 Å². The molecule has 0 unspecified atom stereocenters. The van der Waals surface area contributed by atoms with Gasteiger partial charge in [0.05, 0.1) is 16.8 Å². The van der Waals surface area contributed by atoms with E-state index in [1.54, 1.807) is 29.1 Å². The molecule has 0 fully saturated rings. The van der Waals surface area contributed by atoms with E-state index in [0.717, 1.165) is 21.3 Å². The lowest BCUT2D eigenvalue weighted by Crippen LogP contribution is -2.12. The van der Waals surface area contributed by atoms with Crippen molar-refractivity contribution in [2.45, 2.75) is 0 Å². The number of benzene rings is 3. The van der Waals surface area contributed by atoms with Crippen LogP contribution < -0.4 is 14.3 Å². The Morgan fingerprint density at radius 2 is 1.85 bits per heavy atom. The van der Waals surface area contributed by atoms with E-state index in [4.69, 9.17) is 9.47 Å². The number of fused-ring (bicyclic) bond motifs is 1. The summed E-state index contributed by atoms with van der Waals surface area (Å²) >= 11 is 4.94. The Hall–Kier alpha value is -3.76.